The molecular weight excluding hydrogens is 374 g/mol. The van der Waals surface area contributed by atoms with Gasteiger partial charge in [-0.2, -0.15) is 0 Å². The van der Waals surface area contributed by atoms with Crippen LogP contribution >= 0.6 is 11.6 Å². The molecule has 0 radical (unpaired) electrons. The minimum Gasteiger partial charge on any atom is -0.454 e. The van der Waals surface area contributed by atoms with Gasteiger partial charge in [-0.3, -0.25) is 14.4 Å². The van der Waals surface area contributed by atoms with Crippen LogP contribution in [-0.4, -0.2) is 49.4 Å². The van der Waals surface area contributed by atoms with Gasteiger partial charge in [0.2, 0.25) is 5.91 Å². The topological polar surface area (TPSA) is 114 Å². The number of benzene rings is 1. The molecule has 0 aromatic heterocycles. The van der Waals surface area contributed by atoms with E-state index in [1.54, 1.807) is 39.0 Å². The van der Waals surface area contributed by atoms with Crippen LogP contribution in [0.4, 0.5) is 0 Å². The van der Waals surface area contributed by atoms with Gasteiger partial charge in [0.05, 0.1) is 17.1 Å². The van der Waals surface area contributed by atoms with E-state index in [1.807, 2.05) is 0 Å². The summed E-state index contributed by atoms with van der Waals surface area (Å²) < 4.78 is 4.96. The van der Waals surface area contributed by atoms with E-state index in [4.69, 9.17) is 16.3 Å². The summed E-state index contributed by atoms with van der Waals surface area (Å²) in [7, 11) is 0. The average Bonchev–Trinajstić information content (AvgIpc) is 2.62. The van der Waals surface area contributed by atoms with E-state index in [2.05, 4.69) is 16.0 Å². The van der Waals surface area contributed by atoms with Crippen molar-refractivity contribution in [2.24, 2.45) is 5.92 Å². The number of nitrogens with one attached hydrogen (secondary N) is 3. The Morgan fingerprint density at radius 1 is 1.07 bits per heavy atom. The molecule has 27 heavy (non-hydrogen) atoms. The Bertz CT molecular complexity index is 693. The molecule has 8 nitrogen and oxygen atoms in total. The molecule has 0 spiro atoms. The molecule has 0 heterocycles. The molecule has 1 atom stereocenters. The highest BCUT2D eigenvalue weighted by atomic mass is 35.5. The first-order chi connectivity index (χ1) is 12.8. The Morgan fingerprint density at radius 3 is 2.33 bits per heavy atom. The Hall–Kier alpha value is -2.61. The summed E-state index contributed by atoms with van der Waals surface area (Å²) in [4.78, 5) is 47.5. The van der Waals surface area contributed by atoms with Gasteiger partial charge in [-0.1, -0.05) is 37.6 Å². The van der Waals surface area contributed by atoms with Gasteiger partial charge in [-0.15, -0.1) is 0 Å². The van der Waals surface area contributed by atoms with E-state index in [-0.39, 0.29) is 29.0 Å². The van der Waals surface area contributed by atoms with Crippen molar-refractivity contribution in [3.63, 3.8) is 0 Å². The summed E-state index contributed by atoms with van der Waals surface area (Å²) in [6.07, 6.45) is 0. The molecule has 3 N–H and O–H groups in total. The fraction of sp³-hybridized carbons (Fsp3) is 0.444. The Balaban J connectivity index is 2.58. The number of esters is 1. The zero-order valence-corrected chi connectivity index (χ0v) is 16.3. The molecule has 0 fully saturated rings. The Kier molecular flexibility index (Phi) is 9.29. The number of ether oxygens (including phenoxy) is 1. The van der Waals surface area contributed by atoms with Crippen LogP contribution in [0.25, 0.3) is 0 Å². The molecule has 1 aromatic rings. The highest BCUT2D eigenvalue weighted by molar-refractivity contribution is 6.33. The quantitative estimate of drug-likeness (QED) is 0.535. The van der Waals surface area contributed by atoms with Crippen LogP contribution < -0.4 is 16.0 Å². The van der Waals surface area contributed by atoms with Gasteiger partial charge in [0.25, 0.3) is 11.8 Å². The van der Waals surface area contributed by atoms with E-state index < -0.39 is 30.4 Å². The molecule has 0 unspecified atom stereocenters. The third kappa shape index (κ3) is 7.65. The van der Waals surface area contributed by atoms with Crippen LogP contribution in [0.2, 0.25) is 5.02 Å². The normalized spacial score (nSPS) is 11.4. The number of carbonyl (C=O) groups is 4. The molecule has 0 aliphatic rings. The van der Waals surface area contributed by atoms with Crippen molar-refractivity contribution >= 4 is 35.3 Å². The maximum Gasteiger partial charge on any atom is 0.329 e. The highest BCUT2D eigenvalue weighted by Gasteiger charge is 2.27. The fourth-order valence-corrected chi connectivity index (χ4v) is 2.30. The predicted molar refractivity (Wildman–Crippen MR) is 100 cm³/mol. The van der Waals surface area contributed by atoms with E-state index in [1.165, 1.54) is 6.07 Å². The van der Waals surface area contributed by atoms with Crippen LogP contribution in [0.3, 0.4) is 0 Å². The number of likely N-dealkylation sites (N-methyl/N-ethyl adjacent to an activating group) is 1. The summed E-state index contributed by atoms with van der Waals surface area (Å²) in [6, 6.07) is 5.49. The monoisotopic (exact) mass is 397 g/mol. The number of rotatable bonds is 9. The van der Waals surface area contributed by atoms with Crippen LogP contribution in [0.1, 0.15) is 31.1 Å². The third-order valence-electron chi connectivity index (χ3n) is 3.49. The minimum atomic E-state index is -0.954. The van der Waals surface area contributed by atoms with Crippen molar-refractivity contribution in [2.75, 3.05) is 19.7 Å². The second-order valence-corrected chi connectivity index (χ2v) is 6.42. The fourth-order valence-electron chi connectivity index (χ4n) is 2.08. The second-order valence-electron chi connectivity index (χ2n) is 6.01. The van der Waals surface area contributed by atoms with Gasteiger partial charge in [-0.05, 0) is 25.0 Å². The number of carbonyl (C=O) groups excluding carboxylic acids is 4. The first kappa shape index (κ1) is 22.4. The van der Waals surface area contributed by atoms with Crippen molar-refractivity contribution < 1.29 is 23.9 Å². The summed E-state index contributed by atoms with van der Waals surface area (Å²) >= 11 is 5.98. The van der Waals surface area contributed by atoms with Gasteiger partial charge < -0.3 is 20.7 Å². The molecule has 0 aliphatic heterocycles. The first-order valence-corrected chi connectivity index (χ1v) is 8.89. The van der Waals surface area contributed by atoms with Crippen molar-refractivity contribution in [3.05, 3.63) is 34.9 Å². The summed E-state index contributed by atoms with van der Waals surface area (Å²) in [5.74, 6) is -2.50. The van der Waals surface area contributed by atoms with Gasteiger partial charge in [0.15, 0.2) is 6.61 Å². The lowest BCUT2D eigenvalue weighted by Gasteiger charge is -2.21. The van der Waals surface area contributed by atoms with E-state index in [0.29, 0.717) is 6.54 Å². The first-order valence-electron chi connectivity index (χ1n) is 8.51. The van der Waals surface area contributed by atoms with Crippen molar-refractivity contribution in [1.82, 2.24) is 16.0 Å². The van der Waals surface area contributed by atoms with Crippen molar-refractivity contribution in [1.29, 1.82) is 0 Å². The molecule has 0 aliphatic carbocycles. The second kappa shape index (κ2) is 11.2. The molecule has 1 rings (SSSR count). The Labute approximate surface area is 163 Å². The van der Waals surface area contributed by atoms with Crippen LogP contribution in [-0.2, 0) is 19.1 Å². The van der Waals surface area contributed by atoms with Crippen LogP contribution in [0.15, 0.2) is 24.3 Å². The molecule has 9 heteroatoms. The van der Waals surface area contributed by atoms with E-state index >= 15 is 0 Å². The number of hydrogen-bond acceptors (Lipinski definition) is 5. The predicted octanol–water partition coefficient (Wildman–Crippen LogP) is 0.890. The van der Waals surface area contributed by atoms with Gasteiger partial charge in [0.1, 0.15) is 6.04 Å². The number of halogens is 1. The number of hydrogen-bond donors (Lipinski definition) is 3. The van der Waals surface area contributed by atoms with Gasteiger partial charge in [-0.25, -0.2) is 4.79 Å². The van der Waals surface area contributed by atoms with Crippen LogP contribution in [0, 0.1) is 5.92 Å². The van der Waals surface area contributed by atoms with Gasteiger partial charge >= 0.3 is 5.97 Å². The van der Waals surface area contributed by atoms with E-state index in [0.717, 1.165) is 0 Å². The number of amides is 3. The minimum absolute atomic E-state index is 0.207. The molecule has 148 valence electrons. The molecule has 0 saturated heterocycles. The van der Waals surface area contributed by atoms with Gasteiger partial charge in [0, 0.05) is 6.54 Å². The average molecular weight is 398 g/mol. The lowest BCUT2D eigenvalue weighted by molar-refractivity contribution is -0.151. The highest BCUT2D eigenvalue weighted by Crippen LogP contribution is 2.15. The SMILES string of the molecule is CCNC(=O)CNC(=O)COC(=O)[C@@H](NC(=O)c1ccccc1Cl)C(C)C. The third-order valence-corrected chi connectivity index (χ3v) is 3.82. The maximum absolute atomic E-state index is 12.3. The standard InChI is InChI=1S/C18H24ClN3O5/c1-4-20-14(23)9-21-15(24)10-27-18(26)16(11(2)3)22-17(25)12-7-5-6-8-13(12)19/h5-8,11,16H,4,9-10H2,1-3H3,(H,20,23)(H,21,24)(H,22,25)/t16-/m0/s1. The zero-order chi connectivity index (χ0) is 20.4. The lowest BCUT2D eigenvalue weighted by atomic mass is 10.0. The lowest BCUT2D eigenvalue weighted by Crippen LogP contribution is -2.46. The molecule has 1 aromatic carbocycles. The van der Waals surface area contributed by atoms with Crippen LogP contribution in [0.5, 0.6) is 0 Å². The smallest absolute Gasteiger partial charge is 0.329 e. The van der Waals surface area contributed by atoms with E-state index in [9.17, 15) is 19.2 Å². The molecule has 0 bridgehead atoms. The largest absolute Gasteiger partial charge is 0.454 e. The summed E-state index contributed by atoms with van der Waals surface area (Å²) in [5.41, 5.74) is 0.234. The molecular formula is C18H24ClN3O5. The zero-order valence-electron chi connectivity index (χ0n) is 15.5. The van der Waals surface area contributed by atoms with Crippen molar-refractivity contribution in [2.45, 2.75) is 26.8 Å². The molecule has 3 amide bonds. The summed E-state index contributed by atoms with van der Waals surface area (Å²) in [6.45, 7) is 4.90. The molecule has 0 saturated carbocycles. The van der Waals surface area contributed by atoms with Crippen molar-refractivity contribution in [3.8, 4) is 0 Å². The summed E-state index contributed by atoms with van der Waals surface area (Å²) in [5, 5.41) is 7.68. The maximum atomic E-state index is 12.3. The Morgan fingerprint density at radius 2 is 1.74 bits per heavy atom.